The van der Waals surface area contributed by atoms with E-state index in [4.69, 9.17) is 4.74 Å². The molecule has 1 aliphatic heterocycles. The van der Waals surface area contributed by atoms with Gasteiger partial charge in [0.05, 0.1) is 25.5 Å². The van der Waals surface area contributed by atoms with E-state index in [1.54, 1.807) is 4.90 Å². The Morgan fingerprint density at radius 1 is 1.22 bits per heavy atom. The van der Waals surface area contributed by atoms with Crippen LogP contribution in [0.4, 0.5) is 0 Å². The first-order valence-corrected chi connectivity index (χ1v) is 7.76. The lowest BCUT2D eigenvalue weighted by Crippen LogP contribution is -2.40. The predicted octanol–water partition coefficient (Wildman–Crippen LogP) is 1.89. The molecule has 2 aromatic heterocycles. The first-order chi connectivity index (χ1) is 11.3. The molecule has 118 valence electrons. The number of fused-ring (bicyclic) bond motifs is 1. The third kappa shape index (κ3) is 2.73. The third-order valence-electron chi connectivity index (χ3n) is 4.17. The molecular formula is C17H18N4O2. The van der Waals surface area contributed by atoms with Gasteiger partial charge in [0.2, 0.25) is 0 Å². The van der Waals surface area contributed by atoms with E-state index in [9.17, 15) is 4.79 Å². The monoisotopic (exact) mass is 310 g/mol. The van der Waals surface area contributed by atoms with Crippen LogP contribution in [-0.4, -0.2) is 51.9 Å². The van der Waals surface area contributed by atoms with Crippen LogP contribution in [0.25, 0.3) is 10.9 Å². The number of para-hydroxylation sites is 1. The molecule has 23 heavy (non-hydrogen) atoms. The molecule has 0 aliphatic carbocycles. The van der Waals surface area contributed by atoms with Gasteiger partial charge in [0, 0.05) is 24.8 Å². The van der Waals surface area contributed by atoms with Gasteiger partial charge in [-0.15, -0.1) is 0 Å². The van der Waals surface area contributed by atoms with Crippen LogP contribution in [0.5, 0.6) is 0 Å². The van der Waals surface area contributed by atoms with Crippen LogP contribution in [0.15, 0.2) is 42.6 Å². The average molecular weight is 310 g/mol. The van der Waals surface area contributed by atoms with Crippen molar-refractivity contribution in [1.82, 2.24) is 19.7 Å². The van der Waals surface area contributed by atoms with Crippen molar-refractivity contribution < 1.29 is 9.53 Å². The lowest BCUT2D eigenvalue weighted by Gasteiger charge is -2.25. The zero-order valence-electron chi connectivity index (χ0n) is 12.7. The number of nitrogens with one attached hydrogen (secondary N) is 1. The molecule has 1 aromatic carbocycles. The number of carbonyl (C=O) groups excluding carboxylic acids is 1. The van der Waals surface area contributed by atoms with Crippen molar-refractivity contribution in [1.29, 1.82) is 0 Å². The van der Waals surface area contributed by atoms with E-state index in [2.05, 4.69) is 39.2 Å². The maximum Gasteiger partial charge on any atom is 0.274 e. The number of nitrogens with zero attached hydrogens (tertiary/aromatic N) is 3. The minimum Gasteiger partial charge on any atom is -0.378 e. The molecule has 1 saturated heterocycles. The molecule has 3 aromatic rings. The Labute approximate surface area is 133 Å². The van der Waals surface area contributed by atoms with Gasteiger partial charge in [0.1, 0.15) is 5.69 Å². The number of aromatic nitrogens is 3. The van der Waals surface area contributed by atoms with Gasteiger partial charge >= 0.3 is 0 Å². The zero-order valence-corrected chi connectivity index (χ0v) is 12.7. The molecule has 0 atom stereocenters. The maximum absolute atomic E-state index is 12.4. The van der Waals surface area contributed by atoms with Crippen molar-refractivity contribution in [3.05, 3.63) is 54.0 Å². The number of hydrogen-bond donors (Lipinski definition) is 1. The molecule has 6 heteroatoms. The van der Waals surface area contributed by atoms with Gasteiger partial charge in [-0.25, -0.2) is 0 Å². The van der Waals surface area contributed by atoms with Gasteiger partial charge < -0.3 is 14.2 Å². The fourth-order valence-corrected chi connectivity index (χ4v) is 2.94. The minimum absolute atomic E-state index is 0.0341. The van der Waals surface area contributed by atoms with Crippen LogP contribution in [0.1, 0.15) is 16.2 Å². The highest BCUT2D eigenvalue weighted by Crippen LogP contribution is 2.16. The Morgan fingerprint density at radius 2 is 2.04 bits per heavy atom. The number of benzene rings is 1. The number of ether oxygens (including phenoxy) is 1. The topological polar surface area (TPSA) is 63.2 Å². The largest absolute Gasteiger partial charge is 0.378 e. The van der Waals surface area contributed by atoms with Crippen molar-refractivity contribution in [2.24, 2.45) is 0 Å². The van der Waals surface area contributed by atoms with E-state index in [1.165, 1.54) is 10.9 Å². The maximum atomic E-state index is 12.4. The SMILES string of the molecule is O=C(c1cc(Cn2ccc3ccccc32)[nH]n1)N1CCOCC1. The lowest BCUT2D eigenvalue weighted by molar-refractivity contribution is 0.0299. The normalized spacial score (nSPS) is 15.2. The Balaban J connectivity index is 1.52. The molecule has 0 radical (unpaired) electrons. The van der Waals surface area contributed by atoms with E-state index in [0.717, 1.165) is 5.69 Å². The molecule has 6 nitrogen and oxygen atoms in total. The van der Waals surface area contributed by atoms with Crippen molar-refractivity contribution in [2.45, 2.75) is 6.54 Å². The minimum atomic E-state index is -0.0341. The van der Waals surface area contributed by atoms with E-state index in [-0.39, 0.29) is 5.91 Å². The third-order valence-corrected chi connectivity index (χ3v) is 4.17. The molecule has 4 rings (SSSR count). The van der Waals surface area contributed by atoms with Crippen LogP contribution in [0, 0.1) is 0 Å². The molecule has 0 bridgehead atoms. The van der Waals surface area contributed by atoms with Gasteiger partial charge in [0.25, 0.3) is 5.91 Å². The quantitative estimate of drug-likeness (QED) is 0.803. The number of morpholine rings is 1. The summed E-state index contributed by atoms with van der Waals surface area (Å²) in [6, 6.07) is 12.2. The molecule has 0 spiro atoms. The van der Waals surface area contributed by atoms with E-state index in [1.807, 2.05) is 18.2 Å². The second kappa shape index (κ2) is 5.89. The molecule has 0 saturated carbocycles. The molecule has 3 heterocycles. The second-order valence-corrected chi connectivity index (χ2v) is 5.69. The Kier molecular flexibility index (Phi) is 3.59. The summed E-state index contributed by atoms with van der Waals surface area (Å²) in [5.41, 5.74) is 2.56. The van der Waals surface area contributed by atoms with Gasteiger partial charge in [0.15, 0.2) is 0 Å². The predicted molar refractivity (Wildman–Crippen MR) is 86.4 cm³/mol. The summed E-state index contributed by atoms with van der Waals surface area (Å²) in [6.07, 6.45) is 2.05. The Morgan fingerprint density at radius 3 is 2.91 bits per heavy atom. The highest BCUT2D eigenvalue weighted by molar-refractivity contribution is 5.92. The van der Waals surface area contributed by atoms with E-state index in [0.29, 0.717) is 38.5 Å². The van der Waals surface area contributed by atoms with E-state index < -0.39 is 0 Å². The summed E-state index contributed by atoms with van der Waals surface area (Å²) in [5.74, 6) is -0.0341. The summed E-state index contributed by atoms with van der Waals surface area (Å²) in [6.45, 7) is 3.11. The van der Waals surface area contributed by atoms with Crippen LogP contribution in [0.2, 0.25) is 0 Å². The van der Waals surface area contributed by atoms with Gasteiger partial charge in [-0.05, 0) is 23.6 Å². The van der Waals surface area contributed by atoms with Crippen LogP contribution in [0.3, 0.4) is 0 Å². The second-order valence-electron chi connectivity index (χ2n) is 5.69. The van der Waals surface area contributed by atoms with Crippen molar-refractivity contribution in [3.63, 3.8) is 0 Å². The molecule has 0 unspecified atom stereocenters. The average Bonchev–Trinajstić information content (AvgIpc) is 3.23. The molecule has 1 N–H and O–H groups in total. The van der Waals surface area contributed by atoms with E-state index >= 15 is 0 Å². The van der Waals surface area contributed by atoms with Crippen molar-refractivity contribution >= 4 is 16.8 Å². The van der Waals surface area contributed by atoms with Crippen LogP contribution >= 0.6 is 0 Å². The highest BCUT2D eigenvalue weighted by Gasteiger charge is 2.20. The first kappa shape index (κ1) is 14.0. The van der Waals surface area contributed by atoms with Gasteiger partial charge in [-0.3, -0.25) is 9.89 Å². The van der Waals surface area contributed by atoms with Crippen LogP contribution in [-0.2, 0) is 11.3 Å². The number of H-pyrrole nitrogens is 1. The summed E-state index contributed by atoms with van der Waals surface area (Å²) in [4.78, 5) is 14.2. The molecule has 1 amide bonds. The fourth-order valence-electron chi connectivity index (χ4n) is 2.94. The summed E-state index contributed by atoms with van der Waals surface area (Å²) < 4.78 is 7.42. The number of rotatable bonds is 3. The van der Waals surface area contributed by atoms with Crippen molar-refractivity contribution in [2.75, 3.05) is 26.3 Å². The van der Waals surface area contributed by atoms with Crippen LogP contribution < -0.4 is 0 Å². The zero-order chi connectivity index (χ0) is 15.6. The summed E-state index contributed by atoms with van der Waals surface area (Å²) in [5, 5.41) is 8.37. The van der Waals surface area contributed by atoms with Gasteiger partial charge in [-0.2, -0.15) is 5.10 Å². The van der Waals surface area contributed by atoms with Crippen molar-refractivity contribution in [3.8, 4) is 0 Å². The lowest BCUT2D eigenvalue weighted by atomic mass is 10.2. The molecule has 1 fully saturated rings. The van der Waals surface area contributed by atoms with Gasteiger partial charge in [-0.1, -0.05) is 18.2 Å². The standard InChI is InChI=1S/C17H18N4O2/c22-17(20-7-9-23-10-8-20)15-11-14(18-19-15)12-21-6-5-13-3-1-2-4-16(13)21/h1-6,11H,7-10,12H2,(H,18,19). The summed E-state index contributed by atoms with van der Waals surface area (Å²) >= 11 is 0. The first-order valence-electron chi connectivity index (χ1n) is 7.76. The summed E-state index contributed by atoms with van der Waals surface area (Å²) in [7, 11) is 0. The number of carbonyl (C=O) groups is 1. The smallest absolute Gasteiger partial charge is 0.274 e. The Hall–Kier alpha value is -2.60. The molecular weight excluding hydrogens is 292 g/mol. The highest BCUT2D eigenvalue weighted by atomic mass is 16.5. The molecule has 1 aliphatic rings. The fraction of sp³-hybridized carbons (Fsp3) is 0.294. The number of amides is 1. The number of aromatic amines is 1. The Bertz CT molecular complexity index is 830. The number of hydrogen-bond acceptors (Lipinski definition) is 3.